The van der Waals surface area contributed by atoms with Crippen molar-refractivity contribution in [2.45, 2.75) is 82.7 Å². The zero-order valence-corrected chi connectivity index (χ0v) is 21.5. The molecule has 190 valence electrons. The molecule has 3 heterocycles. The summed E-state index contributed by atoms with van der Waals surface area (Å²) in [6.07, 6.45) is 5.02. The quantitative estimate of drug-likeness (QED) is 0.515. The van der Waals surface area contributed by atoms with Gasteiger partial charge in [-0.3, -0.25) is 14.4 Å². The molecule has 2 unspecified atom stereocenters. The minimum atomic E-state index is -1.10. The number of likely N-dealkylation sites (tertiary alicyclic amines) is 1. The number of aliphatic hydroxyl groups excluding tert-OH is 1. The van der Waals surface area contributed by atoms with Gasteiger partial charge >= 0.3 is 0 Å². The Morgan fingerprint density at radius 2 is 1.85 bits per heavy atom. The molecule has 3 aliphatic rings. The summed E-state index contributed by atoms with van der Waals surface area (Å²) in [5, 5.41) is 10.0. The molecule has 0 aromatic carbocycles. The van der Waals surface area contributed by atoms with Crippen molar-refractivity contribution in [2.24, 2.45) is 11.8 Å². The molecule has 6 atom stereocenters. The standard InChI is InChI=1S/C26H41N3O5/c1-9-14-27(8)21(31)18-19-22(32)29(17(4)16-30)20(23(33)28(15-10-2)24(5,6)7)26(19)13-12-25(18,11-3)34-26/h9-10,17-20,30H,1-2,11-16H2,3-8H3/t17-,18-,19+,20?,25+,26?/m1/s1. The molecule has 1 N–H and O–H groups in total. The highest BCUT2D eigenvalue weighted by Crippen LogP contribution is 2.65. The third-order valence-electron chi connectivity index (χ3n) is 8.02. The summed E-state index contributed by atoms with van der Waals surface area (Å²) in [6, 6.07) is -1.50. The number of carbonyl (C=O) groups excluding carboxylic acids is 3. The summed E-state index contributed by atoms with van der Waals surface area (Å²) in [5.74, 6) is -2.13. The summed E-state index contributed by atoms with van der Waals surface area (Å²) >= 11 is 0. The molecule has 0 aromatic rings. The Morgan fingerprint density at radius 3 is 2.35 bits per heavy atom. The number of hydrogen-bond acceptors (Lipinski definition) is 5. The van der Waals surface area contributed by atoms with E-state index in [-0.39, 0.29) is 24.3 Å². The Morgan fingerprint density at radius 1 is 1.24 bits per heavy atom. The molecule has 34 heavy (non-hydrogen) atoms. The second-order valence-electron chi connectivity index (χ2n) is 11.0. The normalized spacial score (nSPS) is 33.0. The molecule has 3 rings (SSSR count). The lowest BCUT2D eigenvalue weighted by Crippen LogP contribution is -2.61. The van der Waals surface area contributed by atoms with Crippen LogP contribution in [0.1, 0.15) is 53.9 Å². The number of nitrogens with zero attached hydrogens (tertiary/aromatic N) is 3. The van der Waals surface area contributed by atoms with E-state index in [1.54, 1.807) is 35.9 Å². The molecular formula is C26H41N3O5. The largest absolute Gasteiger partial charge is 0.394 e. The summed E-state index contributed by atoms with van der Waals surface area (Å²) in [4.78, 5) is 46.7. The summed E-state index contributed by atoms with van der Waals surface area (Å²) in [7, 11) is 1.70. The number of rotatable bonds is 9. The first kappa shape index (κ1) is 26.4. The number of hydrogen-bond donors (Lipinski definition) is 1. The molecule has 3 fully saturated rings. The van der Waals surface area contributed by atoms with Gasteiger partial charge in [-0.1, -0.05) is 19.1 Å². The zero-order valence-electron chi connectivity index (χ0n) is 21.5. The number of aliphatic hydroxyl groups is 1. The molecule has 0 aromatic heterocycles. The third-order valence-corrected chi connectivity index (χ3v) is 8.02. The summed E-state index contributed by atoms with van der Waals surface area (Å²) in [6.45, 7) is 17.5. The van der Waals surface area contributed by atoms with E-state index in [9.17, 15) is 19.5 Å². The van der Waals surface area contributed by atoms with Crippen LogP contribution in [0.15, 0.2) is 25.3 Å². The highest BCUT2D eigenvalue weighted by atomic mass is 16.5. The minimum absolute atomic E-state index is 0.162. The highest BCUT2D eigenvalue weighted by molar-refractivity contribution is 5.99. The molecule has 8 heteroatoms. The van der Waals surface area contributed by atoms with Gasteiger partial charge in [0.15, 0.2) is 0 Å². The molecule has 0 saturated carbocycles. The van der Waals surface area contributed by atoms with Crippen molar-refractivity contribution in [2.75, 3.05) is 26.7 Å². The van der Waals surface area contributed by atoms with Crippen LogP contribution >= 0.6 is 0 Å². The SMILES string of the molecule is C=CCN(C)C(=O)[C@H]1[C@H]2C(=O)N([C@H](C)CO)C(C(=O)N(CC=C)C(C)(C)C)C23CC[C@]1(CC)O3. The van der Waals surface area contributed by atoms with E-state index < -0.39 is 40.7 Å². The number of likely N-dealkylation sites (N-methyl/N-ethyl adjacent to an activating group) is 1. The maximum Gasteiger partial charge on any atom is 0.249 e. The van der Waals surface area contributed by atoms with Crippen molar-refractivity contribution in [3.63, 3.8) is 0 Å². The van der Waals surface area contributed by atoms with Gasteiger partial charge < -0.3 is 24.5 Å². The number of ether oxygens (including phenoxy) is 1. The molecule has 2 bridgehead atoms. The maximum absolute atomic E-state index is 14.2. The molecule has 1 spiro atoms. The molecule has 3 aliphatic heterocycles. The van der Waals surface area contributed by atoms with Gasteiger partial charge in [0.25, 0.3) is 0 Å². The van der Waals surface area contributed by atoms with Crippen LogP contribution in [0.25, 0.3) is 0 Å². The maximum atomic E-state index is 14.2. The Kier molecular flexibility index (Phi) is 7.08. The first-order valence-corrected chi connectivity index (χ1v) is 12.3. The molecule has 8 nitrogen and oxygen atoms in total. The zero-order chi connectivity index (χ0) is 25.6. The average molecular weight is 476 g/mol. The fourth-order valence-corrected chi connectivity index (χ4v) is 6.37. The van der Waals surface area contributed by atoms with Gasteiger partial charge in [-0.05, 0) is 47.0 Å². The number of carbonyl (C=O) groups is 3. The van der Waals surface area contributed by atoms with Crippen LogP contribution in [0, 0.1) is 11.8 Å². The topological polar surface area (TPSA) is 90.4 Å². The van der Waals surface area contributed by atoms with E-state index in [1.807, 2.05) is 27.7 Å². The van der Waals surface area contributed by atoms with Gasteiger partial charge in [0.1, 0.15) is 11.6 Å². The molecule has 3 saturated heterocycles. The Balaban J connectivity index is 2.17. The van der Waals surface area contributed by atoms with Crippen molar-refractivity contribution in [3.8, 4) is 0 Å². The van der Waals surface area contributed by atoms with Gasteiger partial charge in [0.05, 0.1) is 30.1 Å². The first-order valence-electron chi connectivity index (χ1n) is 12.3. The van der Waals surface area contributed by atoms with E-state index in [2.05, 4.69) is 13.2 Å². The second kappa shape index (κ2) is 9.11. The molecule has 0 radical (unpaired) electrons. The molecular weight excluding hydrogens is 434 g/mol. The lowest BCUT2D eigenvalue weighted by atomic mass is 9.64. The minimum Gasteiger partial charge on any atom is -0.394 e. The van der Waals surface area contributed by atoms with Crippen LogP contribution in [-0.2, 0) is 19.1 Å². The number of fused-ring (bicyclic) bond motifs is 1. The first-order chi connectivity index (χ1) is 15.9. The van der Waals surface area contributed by atoms with Crippen LogP contribution in [0.2, 0.25) is 0 Å². The van der Waals surface area contributed by atoms with Gasteiger partial charge in [-0.15, -0.1) is 13.2 Å². The summed E-state index contributed by atoms with van der Waals surface area (Å²) < 4.78 is 6.76. The predicted octanol–water partition coefficient (Wildman–Crippen LogP) is 1.98. The fourth-order valence-electron chi connectivity index (χ4n) is 6.37. The van der Waals surface area contributed by atoms with Crippen molar-refractivity contribution in [3.05, 3.63) is 25.3 Å². The average Bonchev–Trinajstić information content (AvgIpc) is 3.39. The summed E-state index contributed by atoms with van der Waals surface area (Å²) in [5.41, 5.74) is -2.41. The van der Waals surface area contributed by atoms with Crippen LogP contribution in [0.5, 0.6) is 0 Å². The smallest absolute Gasteiger partial charge is 0.249 e. The molecule has 0 aliphatic carbocycles. The van der Waals surface area contributed by atoms with E-state index >= 15 is 0 Å². The van der Waals surface area contributed by atoms with Crippen LogP contribution < -0.4 is 0 Å². The van der Waals surface area contributed by atoms with Crippen molar-refractivity contribution in [1.82, 2.24) is 14.7 Å². The monoisotopic (exact) mass is 475 g/mol. The lowest BCUT2D eigenvalue weighted by Gasteiger charge is -2.43. The van der Waals surface area contributed by atoms with E-state index in [0.717, 1.165) is 0 Å². The Labute approximate surface area is 203 Å². The van der Waals surface area contributed by atoms with Crippen LogP contribution in [0.3, 0.4) is 0 Å². The Hall–Kier alpha value is -2.19. The second-order valence-corrected chi connectivity index (χ2v) is 11.0. The highest BCUT2D eigenvalue weighted by Gasteiger charge is 2.79. The molecule has 3 amide bonds. The van der Waals surface area contributed by atoms with Crippen LogP contribution in [-0.4, -0.2) is 93.1 Å². The van der Waals surface area contributed by atoms with Crippen molar-refractivity contribution in [1.29, 1.82) is 0 Å². The van der Waals surface area contributed by atoms with E-state index in [4.69, 9.17) is 4.74 Å². The van der Waals surface area contributed by atoms with Gasteiger partial charge in [-0.2, -0.15) is 0 Å². The van der Waals surface area contributed by atoms with Gasteiger partial charge in [-0.25, -0.2) is 0 Å². The predicted molar refractivity (Wildman–Crippen MR) is 130 cm³/mol. The van der Waals surface area contributed by atoms with E-state index in [0.29, 0.717) is 32.4 Å². The van der Waals surface area contributed by atoms with Crippen molar-refractivity contribution >= 4 is 17.7 Å². The van der Waals surface area contributed by atoms with E-state index in [1.165, 1.54) is 4.90 Å². The van der Waals surface area contributed by atoms with Gasteiger partial charge in [0, 0.05) is 25.7 Å². The lowest BCUT2D eigenvalue weighted by molar-refractivity contribution is -0.159. The van der Waals surface area contributed by atoms with Crippen LogP contribution in [0.4, 0.5) is 0 Å². The fraction of sp³-hybridized carbons (Fsp3) is 0.731. The van der Waals surface area contributed by atoms with Gasteiger partial charge in [0.2, 0.25) is 17.7 Å². The third kappa shape index (κ3) is 3.70. The number of amides is 3. The Bertz CT molecular complexity index is 867. The van der Waals surface area contributed by atoms with Crippen molar-refractivity contribution < 1.29 is 24.2 Å².